The quantitative estimate of drug-likeness (QED) is 0.482. The van der Waals surface area contributed by atoms with Gasteiger partial charge in [0.25, 0.3) is 0 Å². The van der Waals surface area contributed by atoms with Crippen LogP contribution in [0.25, 0.3) is 0 Å². The van der Waals surface area contributed by atoms with E-state index in [9.17, 15) is 0 Å². The Morgan fingerprint density at radius 2 is 2.36 bits per heavy atom. The molecule has 62 valence electrons. The summed E-state index contributed by atoms with van der Waals surface area (Å²) in [5, 5.41) is 2.95. The van der Waals surface area contributed by atoms with Gasteiger partial charge in [-0.15, -0.1) is 0 Å². The van der Waals surface area contributed by atoms with E-state index in [0.29, 0.717) is 5.88 Å². The molecule has 0 amide bonds. The molecule has 0 aliphatic heterocycles. The molecule has 4 heteroatoms. The van der Waals surface area contributed by atoms with E-state index in [1.54, 1.807) is 6.20 Å². The first-order chi connectivity index (χ1) is 5.26. The number of hydrogen-bond donors (Lipinski definition) is 2. The van der Waals surface area contributed by atoms with Gasteiger partial charge in [-0.3, -0.25) is 9.98 Å². The summed E-state index contributed by atoms with van der Waals surface area (Å²) in [6, 6.07) is 0. The van der Waals surface area contributed by atoms with Crippen LogP contribution in [-0.4, -0.2) is 25.4 Å². The molecule has 0 heterocycles. The topological polar surface area (TPSA) is 36.8 Å². The molecule has 0 aliphatic rings. The van der Waals surface area contributed by atoms with E-state index in [1.165, 1.54) is 0 Å². The monoisotopic (exact) mass is 171 g/mol. The van der Waals surface area contributed by atoms with Crippen molar-refractivity contribution in [3.05, 3.63) is 11.9 Å². The molecule has 0 aromatic carbocycles. The Hall–Kier alpha value is -0.770. The Kier molecular flexibility index (Phi) is 5.56. The van der Waals surface area contributed by atoms with Crippen LogP contribution in [0.2, 0.25) is 0 Å². The third kappa shape index (κ3) is 3.83. The predicted molar refractivity (Wildman–Crippen MR) is 53.7 cm³/mol. The molecule has 0 fully saturated rings. The molecule has 0 rings (SSSR count). The zero-order chi connectivity index (χ0) is 8.69. The third-order valence-electron chi connectivity index (χ3n) is 1.19. The van der Waals surface area contributed by atoms with Crippen molar-refractivity contribution in [1.29, 1.82) is 0 Å². The molecule has 0 saturated heterocycles. The second kappa shape index (κ2) is 5.97. The Bertz CT molecular complexity index is 184. The fourth-order valence-electron chi connectivity index (χ4n) is 0.621. The molecule has 0 bridgehead atoms. The molecule has 3 nitrogen and oxygen atoms in total. The maximum atomic E-state index is 4.08. The summed E-state index contributed by atoms with van der Waals surface area (Å²) in [5.41, 5.74) is 1.75. The summed E-state index contributed by atoms with van der Waals surface area (Å²) in [6.45, 7) is 5.24. The lowest BCUT2D eigenvalue weighted by Crippen LogP contribution is -2.13. The number of nitrogens with one attached hydrogen (secondary N) is 1. The zero-order valence-electron chi connectivity index (χ0n) is 6.83. The van der Waals surface area contributed by atoms with Gasteiger partial charge in [-0.2, -0.15) is 12.6 Å². The fourth-order valence-corrected chi connectivity index (χ4v) is 0.834. The molecular weight excluding hydrogens is 158 g/mol. The lowest BCUT2D eigenvalue weighted by molar-refractivity contribution is 1.04. The average molecular weight is 171 g/mol. The summed E-state index contributed by atoms with van der Waals surface area (Å²) in [6.07, 6.45) is 1.63. The normalized spacial score (nSPS) is 13.0. The zero-order valence-corrected chi connectivity index (χ0v) is 7.73. The molecular formula is C7H13N3S. The fraction of sp³-hybridized carbons (Fsp3) is 0.429. The molecule has 0 aromatic rings. The lowest BCUT2D eigenvalue weighted by Gasteiger charge is -2.03. The van der Waals surface area contributed by atoms with Crippen molar-refractivity contribution in [2.75, 3.05) is 12.9 Å². The van der Waals surface area contributed by atoms with Crippen molar-refractivity contribution in [1.82, 2.24) is 5.32 Å². The van der Waals surface area contributed by atoms with Gasteiger partial charge in [-0.25, -0.2) is 0 Å². The molecule has 1 N–H and O–H groups in total. The number of nitrogens with zero attached hydrogens (tertiary/aromatic N) is 2. The molecule has 0 aromatic heterocycles. The van der Waals surface area contributed by atoms with Crippen molar-refractivity contribution < 1.29 is 0 Å². The average Bonchev–Trinajstić information content (AvgIpc) is 2.00. The van der Waals surface area contributed by atoms with Gasteiger partial charge in [0.15, 0.2) is 0 Å². The predicted octanol–water partition coefficient (Wildman–Crippen LogP) is 1.10. The van der Waals surface area contributed by atoms with Crippen molar-refractivity contribution in [2.45, 2.75) is 6.92 Å². The maximum Gasteiger partial charge on any atom is 0.0818 e. The van der Waals surface area contributed by atoms with Crippen LogP contribution in [0.4, 0.5) is 0 Å². The number of hydrogen-bond acceptors (Lipinski definition) is 4. The van der Waals surface area contributed by atoms with Crippen LogP contribution in [0.15, 0.2) is 21.9 Å². The second-order valence-corrected chi connectivity index (χ2v) is 2.14. The first-order valence-electron chi connectivity index (χ1n) is 3.22. The van der Waals surface area contributed by atoms with E-state index in [0.717, 1.165) is 11.4 Å². The maximum absolute atomic E-state index is 4.08. The van der Waals surface area contributed by atoms with Gasteiger partial charge in [0.05, 0.1) is 23.5 Å². The van der Waals surface area contributed by atoms with Gasteiger partial charge in [0.1, 0.15) is 0 Å². The van der Waals surface area contributed by atoms with Crippen LogP contribution < -0.4 is 5.32 Å². The van der Waals surface area contributed by atoms with E-state index in [2.05, 4.69) is 34.6 Å². The highest BCUT2D eigenvalue weighted by Gasteiger charge is 1.95. The van der Waals surface area contributed by atoms with E-state index < -0.39 is 0 Å². The minimum absolute atomic E-state index is 0.488. The summed E-state index contributed by atoms with van der Waals surface area (Å²) < 4.78 is 0. The van der Waals surface area contributed by atoms with Gasteiger partial charge in [-0.1, -0.05) is 0 Å². The number of rotatable bonds is 4. The van der Waals surface area contributed by atoms with E-state index in [-0.39, 0.29) is 0 Å². The lowest BCUT2D eigenvalue weighted by atomic mass is 10.3. The van der Waals surface area contributed by atoms with E-state index >= 15 is 0 Å². The van der Waals surface area contributed by atoms with Crippen molar-refractivity contribution >= 4 is 25.1 Å². The number of aliphatic imine (C=N–C) groups is 2. The molecule has 0 radical (unpaired) electrons. The summed E-state index contributed by atoms with van der Waals surface area (Å²) in [7, 11) is 1.81. The van der Waals surface area contributed by atoms with Gasteiger partial charge in [0.2, 0.25) is 0 Å². The minimum atomic E-state index is 0.488. The smallest absolute Gasteiger partial charge is 0.0818 e. The SMILES string of the molecule is C=N/C=C(NC)\C(C)=N/CS. The molecule has 0 atom stereocenters. The van der Waals surface area contributed by atoms with E-state index in [1.807, 2.05) is 14.0 Å². The van der Waals surface area contributed by atoms with Crippen LogP contribution in [0, 0.1) is 0 Å². The summed E-state index contributed by atoms with van der Waals surface area (Å²) >= 11 is 3.97. The number of thiol groups is 1. The summed E-state index contributed by atoms with van der Waals surface area (Å²) in [5.74, 6) is 0.488. The van der Waals surface area contributed by atoms with Crippen molar-refractivity contribution in [3.63, 3.8) is 0 Å². The van der Waals surface area contributed by atoms with Crippen molar-refractivity contribution in [2.24, 2.45) is 9.98 Å². The Morgan fingerprint density at radius 3 is 2.73 bits per heavy atom. The highest BCUT2D eigenvalue weighted by atomic mass is 32.1. The standard InChI is InChI=1S/C7H13N3S/c1-6(10-5-11)7(9-3)4-8-2/h4,9,11H,2,5H2,1,3H3/b7-4+,10-6-. The van der Waals surface area contributed by atoms with Crippen LogP contribution >= 0.6 is 12.6 Å². The summed E-state index contributed by atoms with van der Waals surface area (Å²) in [4.78, 5) is 7.71. The molecule has 11 heavy (non-hydrogen) atoms. The molecule has 0 aliphatic carbocycles. The molecule has 0 spiro atoms. The van der Waals surface area contributed by atoms with Gasteiger partial charge < -0.3 is 5.32 Å². The van der Waals surface area contributed by atoms with Gasteiger partial charge in [0, 0.05) is 7.05 Å². The Balaban J connectivity index is 4.37. The Morgan fingerprint density at radius 1 is 1.73 bits per heavy atom. The van der Waals surface area contributed by atoms with Crippen LogP contribution in [-0.2, 0) is 0 Å². The highest BCUT2D eigenvalue weighted by molar-refractivity contribution is 7.80. The largest absolute Gasteiger partial charge is 0.385 e. The van der Waals surface area contributed by atoms with Crippen molar-refractivity contribution in [3.8, 4) is 0 Å². The van der Waals surface area contributed by atoms with Crippen LogP contribution in [0.5, 0.6) is 0 Å². The first-order valence-corrected chi connectivity index (χ1v) is 3.85. The van der Waals surface area contributed by atoms with Crippen LogP contribution in [0.3, 0.4) is 0 Å². The van der Waals surface area contributed by atoms with Crippen LogP contribution in [0.1, 0.15) is 6.92 Å². The van der Waals surface area contributed by atoms with Gasteiger partial charge in [-0.05, 0) is 13.6 Å². The first kappa shape index (κ1) is 10.2. The number of allylic oxidation sites excluding steroid dienone is 1. The molecule has 0 unspecified atom stereocenters. The second-order valence-electron chi connectivity index (χ2n) is 1.86. The molecule has 0 saturated carbocycles. The minimum Gasteiger partial charge on any atom is -0.385 e. The Labute approximate surface area is 72.7 Å². The van der Waals surface area contributed by atoms with Gasteiger partial charge >= 0.3 is 0 Å². The third-order valence-corrected chi connectivity index (χ3v) is 1.33. The van der Waals surface area contributed by atoms with E-state index in [4.69, 9.17) is 0 Å². The highest BCUT2D eigenvalue weighted by Crippen LogP contribution is 1.94.